The van der Waals surface area contributed by atoms with Gasteiger partial charge in [-0.05, 0) is 42.0 Å². The topological polar surface area (TPSA) is 62.1 Å². The highest BCUT2D eigenvalue weighted by molar-refractivity contribution is 9.10. The van der Waals surface area contributed by atoms with E-state index in [2.05, 4.69) is 21.2 Å². The third-order valence-electron chi connectivity index (χ3n) is 2.93. The zero-order valence-electron chi connectivity index (χ0n) is 12.1. The predicted octanol–water partition coefficient (Wildman–Crippen LogP) is 4.14. The molecule has 0 atom stereocenters. The van der Waals surface area contributed by atoms with Gasteiger partial charge >= 0.3 is 0 Å². The van der Waals surface area contributed by atoms with E-state index in [9.17, 15) is 14.4 Å². The number of nitrogens with one attached hydrogen (secondary N) is 1. The molecule has 0 unspecified atom stereocenters. The van der Waals surface area contributed by atoms with Gasteiger partial charge < -0.3 is 10.1 Å². The lowest BCUT2D eigenvalue weighted by molar-refractivity contribution is -0.112. The number of amides is 1. The summed E-state index contributed by atoms with van der Waals surface area (Å²) in [7, 11) is 1.52. The van der Waals surface area contributed by atoms with Crippen LogP contribution in [-0.2, 0) is 4.79 Å². The molecule has 4 nitrogen and oxygen atoms in total. The molecule has 0 saturated heterocycles. The van der Waals surface area contributed by atoms with Crippen molar-refractivity contribution in [3.63, 3.8) is 0 Å². The van der Waals surface area contributed by atoms with Gasteiger partial charge in [-0.15, -0.1) is 0 Å². The minimum Gasteiger partial charge on any atom is -0.497 e. The highest BCUT2D eigenvalue weighted by Gasteiger charge is 2.12. The molecule has 0 aromatic heterocycles. The first-order chi connectivity index (χ1) is 11.0. The first kappa shape index (κ1) is 16.7. The summed E-state index contributed by atoms with van der Waals surface area (Å²) in [5.74, 6) is -0.670. The Bertz CT molecular complexity index is 812. The van der Waals surface area contributed by atoms with Gasteiger partial charge in [-0.1, -0.05) is 28.1 Å². The standard InChI is InChI=1S/C17H12BrFN2O2/c1-23-14-8-11(7-13(18)9-14)6-12(10-20)17(22)21-16-5-3-2-4-15(16)19/h2-9H,1H3,(H,21,22)/b12-6+. The molecule has 2 aromatic rings. The van der Waals surface area contributed by atoms with Crippen molar-refractivity contribution in [1.29, 1.82) is 5.26 Å². The van der Waals surface area contributed by atoms with Crippen molar-refractivity contribution in [2.45, 2.75) is 0 Å². The molecule has 0 spiro atoms. The number of rotatable bonds is 4. The van der Waals surface area contributed by atoms with Crippen LogP contribution in [0, 0.1) is 17.1 Å². The normalized spacial score (nSPS) is 10.8. The van der Waals surface area contributed by atoms with Crippen molar-refractivity contribution >= 4 is 33.6 Å². The van der Waals surface area contributed by atoms with Gasteiger partial charge in [0.05, 0.1) is 12.8 Å². The van der Waals surface area contributed by atoms with Crippen LogP contribution in [0.4, 0.5) is 10.1 Å². The third-order valence-corrected chi connectivity index (χ3v) is 3.39. The number of hydrogen-bond donors (Lipinski definition) is 1. The van der Waals surface area contributed by atoms with Gasteiger partial charge in [-0.25, -0.2) is 4.39 Å². The quantitative estimate of drug-likeness (QED) is 0.645. The number of nitriles is 1. The maximum atomic E-state index is 13.6. The summed E-state index contributed by atoms with van der Waals surface area (Å²) in [6, 6.07) is 12.7. The van der Waals surface area contributed by atoms with Gasteiger partial charge in [0.25, 0.3) is 5.91 Å². The van der Waals surface area contributed by atoms with Gasteiger partial charge in [0, 0.05) is 4.47 Å². The Morgan fingerprint density at radius 3 is 2.74 bits per heavy atom. The van der Waals surface area contributed by atoms with Crippen LogP contribution in [0.3, 0.4) is 0 Å². The minimum atomic E-state index is -0.684. The molecule has 0 fully saturated rings. The molecule has 0 radical (unpaired) electrons. The van der Waals surface area contributed by atoms with Crippen molar-refractivity contribution in [2.75, 3.05) is 12.4 Å². The van der Waals surface area contributed by atoms with Crippen molar-refractivity contribution in [3.05, 3.63) is 63.9 Å². The summed E-state index contributed by atoms with van der Waals surface area (Å²) in [6.45, 7) is 0. The highest BCUT2D eigenvalue weighted by atomic mass is 79.9. The summed E-state index contributed by atoms with van der Waals surface area (Å²) >= 11 is 3.32. The number of hydrogen-bond acceptors (Lipinski definition) is 3. The predicted molar refractivity (Wildman–Crippen MR) is 89.3 cm³/mol. The summed E-state index contributed by atoms with van der Waals surface area (Å²) in [6.07, 6.45) is 1.41. The molecule has 2 aromatic carbocycles. The van der Waals surface area contributed by atoms with Crippen molar-refractivity contribution in [1.82, 2.24) is 0 Å². The molecule has 23 heavy (non-hydrogen) atoms. The maximum Gasteiger partial charge on any atom is 0.266 e. The second-order valence-electron chi connectivity index (χ2n) is 4.53. The summed E-state index contributed by atoms with van der Waals surface area (Å²) < 4.78 is 19.4. The largest absolute Gasteiger partial charge is 0.497 e. The van der Waals surface area contributed by atoms with Crippen molar-refractivity contribution in [2.24, 2.45) is 0 Å². The van der Waals surface area contributed by atoms with Crippen molar-refractivity contribution in [3.8, 4) is 11.8 Å². The Labute approximate surface area is 141 Å². The van der Waals surface area contributed by atoms with E-state index in [1.165, 1.54) is 31.4 Å². The second-order valence-corrected chi connectivity index (χ2v) is 5.44. The molecule has 0 aliphatic rings. The number of methoxy groups -OCH3 is 1. The number of carbonyl (C=O) groups is 1. The maximum absolute atomic E-state index is 13.6. The first-order valence-corrected chi connectivity index (χ1v) is 7.35. The summed E-state index contributed by atoms with van der Waals surface area (Å²) in [4.78, 5) is 12.1. The van der Waals surface area contributed by atoms with Gasteiger partial charge in [-0.3, -0.25) is 4.79 Å². The lowest BCUT2D eigenvalue weighted by Crippen LogP contribution is -2.14. The van der Waals surface area contributed by atoms with Crippen LogP contribution in [0.25, 0.3) is 6.08 Å². The monoisotopic (exact) mass is 374 g/mol. The fourth-order valence-electron chi connectivity index (χ4n) is 1.85. The first-order valence-electron chi connectivity index (χ1n) is 6.55. The number of benzene rings is 2. The molecule has 2 rings (SSSR count). The van der Waals surface area contributed by atoms with E-state index < -0.39 is 11.7 Å². The molecule has 1 N–H and O–H groups in total. The van der Waals surface area contributed by atoms with Crippen LogP contribution in [0.1, 0.15) is 5.56 Å². The van der Waals surface area contributed by atoms with E-state index >= 15 is 0 Å². The van der Waals surface area contributed by atoms with Crippen LogP contribution >= 0.6 is 15.9 Å². The van der Waals surface area contributed by atoms with E-state index in [0.29, 0.717) is 11.3 Å². The molecule has 0 aliphatic carbocycles. The lowest BCUT2D eigenvalue weighted by atomic mass is 10.1. The summed E-state index contributed by atoms with van der Waals surface area (Å²) in [5, 5.41) is 11.6. The average Bonchev–Trinajstić information content (AvgIpc) is 2.54. The SMILES string of the molecule is COc1cc(Br)cc(/C=C(\C#N)C(=O)Nc2ccccc2F)c1. The Morgan fingerprint density at radius 2 is 2.09 bits per heavy atom. The van der Waals surface area contributed by atoms with Crippen LogP contribution in [0.5, 0.6) is 5.75 Å². The number of para-hydroxylation sites is 1. The average molecular weight is 375 g/mol. The van der Waals surface area contributed by atoms with Gasteiger partial charge in [0.15, 0.2) is 0 Å². The molecule has 116 valence electrons. The van der Waals surface area contributed by atoms with Crippen LogP contribution < -0.4 is 10.1 Å². The molecule has 0 saturated carbocycles. The van der Waals surface area contributed by atoms with Gasteiger partial charge in [0.2, 0.25) is 0 Å². The van der Waals surface area contributed by atoms with E-state index in [1.807, 2.05) is 6.07 Å². The zero-order valence-corrected chi connectivity index (χ0v) is 13.7. The van der Waals surface area contributed by atoms with Gasteiger partial charge in [0.1, 0.15) is 23.2 Å². The van der Waals surface area contributed by atoms with E-state index in [-0.39, 0.29) is 11.3 Å². The molecule has 1 amide bonds. The molecule has 6 heteroatoms. The number of ether oxygens (including phenoxy) is 1. The molecular weight excluding hydrogens is 363 g/mol. The third kappa shape index (κ3) is 4.41. The molecular formula is C17H12BrFN2O2. The number of anilines is 1. The van der Waals surface area contributed by atoms with E-state index in [4.69, 9.17) is 4.74 Å². The fourth-order valence-corrected chi connectivity index (χ4v) is 2.34. The Morgan fingerprint density at radius 1 is 1.35 bits per heavy atom. The zero-order chi connectivity index (χ0) is 16.8. The highest BCUT2D eigenvalue weighted by Crippen LogP contribution is 2.23. The number of carbonyl (C=O) groups excluding carboxylic acids is 1. The van der Waals surface area contributed by atoms with Crippen LogP contribution in [0.15, 0.2) is 52.5 Å². The molecule has 0 heterocycles. The summed E-state index contributed by atoms with van der Waals surface area (Å²) in [5.41, 5.74) is 0.482. The fraction of sp³-hybridized carbons (Fsp3) is 0.0588. The molecule has 0 aliphatic heterocycles. The molecule has 0 bridgehead atoms. The Hall–Kier alpha value is -2.65. The van der Waals surface area contributed by atoms with E-state index in [1.54, 1.807) is 24.3 Å². The Kier molecular flexibility index (Phi) is 5.50. The van der Waals surface area contributed by atoms with E-state index in [0.717, 1.165) is 4.47 Å². The lowest BCUT2D eigenvalue weighted by Gasteiger charge is -2.06. The van der Waals surface area contributed by atoms with Gasteiger partial charge in [-0.2, -0.15) is 5.26 Å². The second kappa shape index (κ2) is 7.56. The number of nitrogens with zero attached hydrogens (tertiary/aromatic N) is 1. The smallest absolute Gasteiger partial charge is 0.266 e. The van der Waals surface area contributed by atoms with Crippen molar-refractivity contribution < 1.29 is 13.9 Å². The number of halogens is 2. The minimum absolute atomic E-state index is 0.0190. The van der Waals surface area contributed by atoms with Crippen LogP contribution in [-0.4, -0.2) is 13.0 Å². The Balaban J connectivity index is 2.29. The van der Waals surface area contributed by atoms with Crippen LogP contribution in [0.2, 0.25) is 0 Å².